The molecular weight excluding hydrogens is 234 g/mol. The lowest BCUT2D eigenvalue weighted by Crippen LogP contribution is -2.40. The maximum absolute atomic E-state index is 12.0. The molecular formula is C12H11N3O3. The fourth-order valence-corrected chi connectivity index (χ4v) is 1.59. The highest BCUT2D eigenvalue weighted by molar-refractivity contribution is 5.27. The van der Waals surface area contributed by atoms with Gasteiger partial charge in [0.2, 0.25) is 0 Å². The molecule has 0 spiro atoms. The lowest BCUT2D eigenvalue weighted by molar-refractivity contribution is 0.482. The van der Waals surface area contributed by atoms with Gasteiger partial charge in [-0.2, -0.15) is 0 Å². The molecule has 2 aromatic heterocycles. The van der Waals surface area contributed by atoms with Crippen molar-refractivity contribution in [3.05, 3.63) is 51.1 Å². The Labute approximate surface area is 102 Å². The minimum Gasteiger partial charge on any atom is -0.467 e. The lowest BCUT2D eigenvalue weighted by atomic mass is 10.4. The predicted octanol–water partition coefficient (Wildman–Crippen LogP) is -0.133. The number of aromatic nitrogens is 2. The van der Waals surface area contributed by atoms with Crippen LogP contribution in [-0.2, 0) is 13.1 Å². The van der Waals surface area contributed by atoms with Gasteiger partial charge in [0.25, 0.3) is 5.56 Å². The van der Waals surface area contributed by atoms with Crippen molar-refractivity contribution in [3.63, 3.8) is 0 Å². The van der Waals surface area contributed by atoms with Crippen LogP contribution in [0.15, 0.2) is 38.5 Å². The maximum Gasteiger partial charge on any atom is 0.333 e. The smallest absolute Gasteiger partial charge is 0.333 e. The Morgan fingerprint density at radius 3 is 2.78 bits per heavy atom. The molecule has 0 atom stereocenters. The SMILES string of the molecule is C#CCn1c(=O)cc(N)n(Cc2ccco2)c1=O. The Morgan fingerprint density at radius 2 is 2.17 bits per heavy atom. The Morgan fingerprint density at radius 1 is 1.39 bits per heavy atom. The molecule has 6 nitrogen and oxygen atoms in total. The molecule has 0 aromatic carbocycles. The van der Waals surface area contributed by atoms with E-state index in [-0.39, 0.29) is 18.9 Å². The maximum atomic E-state index is 12.0. The van der Waals surface area contributed by atoms with Crippen LogP contribution in [-0.4, -0.2) is 9.13 Å². The van der Waals surface area contributed by atoms with Gasteiger partial charge in [-0.1, -0.05) is 5.92 Å². The summed E-state index contributed by atoms with van der Waals surface area (Å²) in [5.41, 5.74) is 4.61. The summed E-state index contributed by atoms with van der Waals surface area (Å²) in [6.07, 6.45) is 6.61. The summed E-state index contributed by atoms with van der Waals surface area (Å²) in [6, 6.07) is 4.58. The van der Waals surface area contributed by atoms with E-state index in [1.165, 1.54) is 16.9 Å². The van der Waals surface area contributed by atoms with Crippen molar-refractivity contribution >= 4 is 5.82 Å². The average Bonchev–Trinajstić information content (AvgIpc) is 2.83. The van der Waals surface area contributed by atoms with E-state index >= 15 is 0 Å². The third-order valence-electron chi connectivity index (χ3n) is 2.45. The number of hydrogen-bond acceptors (Lipinski definition) is 4. The molecule has 0 fully saturated rings. The molecule has 0 aliphatic rings. The van der Waals surface area contributed by atoms with E-state index in [2.05, 4.69) is 5.92 Å². The fraction of sp³-hybridized carbons (Fsp3) is 0.167. The van der Waals surface area contributed by atoms with E-state index < -0.39 is 11.2 Å². The van der Waals surface area contributed by atoms with E-state index in [9.17, 15) is 9.59 Å². The first-order chi connectivity index (χ1) is 8.63. The highest BCUT2D eigenvalue weighted by Crippen LogP contribution is 2.04. The second-order valence-corrected chi connectivity index (χ2v) is 3.65. The lowest BCUT2D eigenvalue weighted by Gasteiger charge is -2.09. The van der Waals surface area contributed by atoms with Gasteiger partial charge >= 0.3 is 5.69 Å². The van der Waals surface area contributed by atoms with Crippen LogP contribution in [0.5, 0.6) is 0 Å². The standard InChI is InChI=1S/C12H11N3O3/c1-2-5-14-11(16)7-10(13)15(12(14)17)8-9-4-3-6-18-9/h1,3-4,6-7H,5,8,13H2. The molecule has 2 rings (SSSR count). The summed E-state index contributed by atoms with van der Waals surface area (Å²) in [5, 5.41) is 0. The van der Waals surface area contributed by atoms with E-state index in [4.69, 9.17) is 16.6 Å². The summed E-state index contributed by atoms with van der Waals surface area (Å²) < 4.78 is 7.31. The second-order valence-electron chi connectivity index (χ2n) is 3.65. The van der Waals surface area contributed by atoms with Gasteiger partial charge in [-0.15, -0.1) is 6.42 Å². The number of terminal acetylenes is 1. The van der Waals surface area contributed by atoms with Crippen LogP contribution in [0.25, 0.3) is 0 Å². The van der Waals surface area contributed by atoms with Crippen LogP contribution >= 0.6 is 0 Å². The highest BCUT2D eigenvalue weighted by Gasteiger charge is 2.10. The third-order valence-corrected chi connectivity index (χ3v) is 2.45. The number of nitrogens with zero attached hydrogens (tertiary/aromatic N) is 2. The van der Waals surface area contributed by atoms with Gasteiger partial charge in [0.05, 0.1) is 19.4 Å². The van der Waals surface area contributed by atoms with Crippen LogP contribution in [0.2, 0.25) is 0 Å². The Hall–Kier alpha value is -2.68. The minimum atomic E-state index is -0.547. The average molecular weight is 245 g/mol. The van der Waals surface area contributed by atoms with Gasteiger partial charge in [0, 0.05) is 6.07 Å². The summed E-state index contributed by atoms with van der Waals surface area (Å²) in [7, 11) is 0. The van der Waals surface area contributed by atoms with Crippen molar-refractivity contribution in [2.75, 3.05) is 5.73 Å². The van der Waals surface area contributed by atoms with Crippen molar-refractivity contribution < 1.29 is 4.42 Å². The highest BCUT2D eigenvalue weighted by atomic mass is 16.3. The monoisotopic (exact) mass is 245 g/mol. The molecule has 2 aromatic rings. The second kappa shape index (κ2) is 4.67. The molecule has 0 unspecified atom stereocenters. The van der Waals surface area contributed by atoms with Gasteiger partial charge in [-0.05, 0) is 12.1 Å². The number of nitrogens with two attached hydrogens (primary N) is 1. The summed E-state index contributed by atoms with van der Waals surface area (Å²) >= 11 is 0. The van der Waals surface area contributed by atoms with Crippen molar-refractivity contribution in [3.8, 4) is 12.3 Å². The van der Waals surface area contributed by atoms with E-state index in [0.717, 1.165) is 4.57 Å². The van der Waals surface area contributed by atoms with Crippen molar-refractivity contribution in [1.82, 2.24) is 9.13 Å². The van der Waals surface area contributed by atoms with Crippen LogP contribution in [0.1, 0.15) is 5.76 Å². The fourth-order valence-electron chi connectivity index (χ4n) is 1.59. The summed E-state index contributed by atoms with van der Waals surface area (Å²) in [6.45, 7) is 0.0681. The van der Waals surface area contributed by atoms with Crippen LogP contribution in [0, 0.1) is 12.3 Å². The zero-order chi connectivity index (χ0) is 13.1. The van der Waals surface area contributed by atoms with Crippen molar-refractivity contribution in [2.45, 2.75) is 13.1 Å². The largest absolute Gasteiger partial charge is 0.467 e. The first-order valence-corrected chi connectivity index (χ1v) is 5.19. The Bertz CT molecular complexity index is 702. The van der Waals surface area contributed by atoms with Gasteiger partial charge in [0.1, 0.15) is 11.6 Å². The quantitative estimate of drug-likeness (QED) is 0.763. The van der Waals surface area contributed by atoms with Gasteiger partial charge < -0.3 is 10.2 Å². The van der Waals surface area contributed by atoms with Gasteiger partial charge in [0.15, 0.2) is 0 Å². The predicted molar refractivity (Wildman–Crippen MR) is 66.0 cm³/mol. The Kier molecular flexibility index (Phi) is 3.06. The van der Waals surface area contributed by atoms with Crippen LogP contribution in [0.4, 0.5) is 5.82 Å². The van der Waals surface area contributed by atoms with Gasteiger partial charge in [-0.25, -0.2) is 9.36 Å². The number of hydrogen-bond donors (Lipinski definition) is 1. The van der Waals surface area contributed by atoms with Crippen molar-refractivity contribution in [1.29, 1.82) is 0 Å². The van der Waals surface area contributed by atoms with E-state index in [1.54, 1.807) is 12.1 Å². The summed E-state index contributed by atoms with van der Waals surface area (Å²) in [5.74, 6) is 2.90. The van der Waals surface area contributed by atoms with E-state index in [0.29, 0.717) is 5.76 Å². The number of furan rings is 1. The minimum absolute atomic E-state index is 0.0784. The molecule has 18 heavy (non-hydrogen) atoms. The molecule has 0 radical (unpaired) electrons. The molecule has 6 heteroatoms. The molecule has 2 N–H and O–H groups in total. The molecule has 0 saturated carbocycles. The first kappa shape index (κ1) is 11.8. The molecule has 2 heterocycles. The third kappa shape index (κ3) is 2.06. The Balaban J connectivity index is 2.54. The topological polar surface area (TPSA) is 83.2 Å². The zero-order valence-electron chi connectivity index (χ0n) is 9.50. The molecule has 0 aliphatic carbocycles. The molecule has 0 aliphatic heterocycles. The van der Waals surface area contributed by atoms with Crippen LogP contribution in [0.3, 0.4) is 0 Å². The molecule has 92 valence electrons. The van der Waals surface area contributed by atoms with Crippen LogP contribution < -0.4 is 17.0 Å². The number of nitrogen functional groups attached to an aromatic ring is 1. The summed E-state index contributed by atoms with van der Waals surface area (Å²) in [4.78, 5) is 23.6. The zero-order valence-corrected chi connectivity index (χ0v) is 9.50. The number of anilines is 1. The molecule has 0 amide bonds. The van der Waals surface area contributed by atoms with Crippen molar-refractivity contribution in [2.24, 2.45) is 0 Å². The molecule has 0 saturated heterocycles. The van der Waals surface area contributed by atoms with E-state index in [1.807, 2.05) is 0 Å². The first-order valence-electron chi connectivity index (χ1n) is 5.19. The normalized spacial score (nSPS) is 10.2. The van der Waals surface area contributed by atoms with Gasteiger partial charge in [-0.3, -0.25) is 9.36 Å². The molecule has 0 bridgehead atoms. The number of rotatable bonds is 3.